The van der Waals surface area contributed by atoms with Gasteiger partial charge in [0.2, 0.25) is 0 Å². The van der Waals surface area contributed by atoms with Gasteiger partial charge in [0.15, 0.2) is 4.71 Å². The first-order valence-electron chi connectivity index (χ1n) is 10.1. The average Bonchev–Trinajstić information content (AvgIpc) is 2.73. The first-order valence-corrected chi connectivity index (χ1v) is 10.6. The second-order valence-corrected chi connectivity index (χ2v) is 7.99. The van der Waals surface area contributed by atoms with Crippen LogP contribution in [-0.4, -0.2) is 45.6 Å². The van der Waals surface area contributed by atoms with Crippen LogP contribution in [0.5, 0.6) is 5.75 Å². The van der Waals surface area contributed by atoms with E-state index in [0.29, 0.717) is 30.8 Å². The van der Waals surface area contributed by atoms with Crippen LogP contribution in [-0.2, 0) is 25.2 Å². The summed E-state index contributed by atoms with van der Waals surface area (Å²) >= 11 is 4.97. The number of ether oxygens (including phenoxy) is 4. The quantitative estimate of drug-likeness (QED) is 0.225. The number of esters is 1. The number of halogens is 3. The summed E-state index contributed by atoms with van der Waals surface area (Å²) < 4.78 is 65.4. The molecule has 2 rings (SSSR count). The second-order valence-electron chi connectivity index (χ2n) is 7.58. The molecule has 0 aliphatic rings. The zero-order valence-electron chi connectivity index (χ0n) is 18.3. The number of fused-ring (bicyclic) bond motifs is 1. The van der Waals surface area contributed by atoms with Crippen LogP contribution < -0.4 is 4.74 Å². The molecule has 1 aromatic carbocycles. The Balaban J connectivity index is 1.69. The molecule has 0 aliphatic heterocycles. The Morgan fingerprint density at radius 1 is 1.00 bits per heavy atom. The van der Waals surface area contributed by atoms with Crippen LogP contribution in [0.15, 0.2) is 28.7 Å². The summed E-state index contributed by atoms with van der Waals surface area (Å²) in [6.45, 7) is 7.06. The van der Waals surface area contributed by atoms with E-state index in [2.05, 4.69) is 0 Å². The van der Waals surface area contributed by atoms with Gasteiger partial charge in [-0.25, -0.2) is 0 Å². The van der Waals surface area contributed by atoms with Crippen molar-refractivity contribution >= 4 is 29.2 Å². The van der Waals surface area contributed by atoms with E-state index in [4.69, 9.17) is 35.6 Å². The Labute approximate surface area is 189 Å². The third-order valence-electron chi connectivity index (χ3n) is 4.79. The van der Waals surface area contributed by atoms with Gasteiger partial charge in [0.25, 0.3) is 0 Å². The van der Waals surface area contributed by atoms with Gasteiger partial charge in [-0.15, -0.1) is 0 Å². The maximum absolute atomic E-state index is 12.9. The predicted molar refractivity (Wildman–Crippen MR) is 114 cm³/mol. The highest BCUT2D eigenvalue weighted by Gasteiger charge is 2.31. The van der Waals surface area contributed by atoms with Gasteiger partial charge >= 0.3 is 12.1 Å². The Kier molecular flexibility index (Phi) is 9.47. The minimum atomic E-state index is -4.48. The van der Waals surface area contributed by atoms with Gasteiger partial charge < -0.3 is 23.4 Å². The summed E-state index contributed by atoms with van der Waals surface area (Å²) in [5.41, 5.74) is -1.33. The second kappa shape index (κ2) is 11.6. The van der Waals surface area contributed by atoms with Crippen LogP contribution in [0.4, 0.5) is 13.2 Å². The molecule has 178 valence electrons. The van der Waals surface area contributed by atoms with E-state index < -0.39 is 17.2 Å². The van der Waals surface area contributed by atoms with E-state index in [-0.39, 0.29) is 42.7 Å². The predicted octanol–water partition coefficient (Wildman–Crippen LogP) is 5.57. The van der Waals surface area contributed by atoms with E-state index in [9.17, 15) is 18.0 Å². The van der Waals surface area contributed by atoms with E-state index in [1.54, 1.807) is 0 Å². The van der Waals surface area contributed by atoms with Crippen LogP contribution >= 0.6 is 12.2 Å². The van der Waals surface area contributed by atoms with E-state index in [1.165, 1.54) is 12.1 Å². The standard InChI is InChI=1S/C22H27F3O6S/c1-4-21(2,3)20(26)30-12-10-28-8-7-27-9-11-29-17-14-19(32)31-18-13-15(22(23,24)25)5-6-16(17)18/h5-6,13-14H,4,7-12H2,1-3H3. The smallest absolute Gasteiger partial charge is 0.416 e. The van der Waals surface area contributed by atoms with Gasteiger partial charge in [-0.1, -0.05) is 6.92 Å². The zero-order chi connectivity index (χ0) is 23.8. The molecule has 0 saturated carbocycles. The molecule has 32 heavy (non-hydrogen) atoms. The van der Waals surface area contributed by atoms with Gasteiger partial charge in [-0.2, -0.15) is 13.2 Å². The SMILES string of the molecule is CCC(C)(C)C(=O)OCCOCCOCCOc1cc(=S)oc2cc(C(F)(F)F)ccc12. The van der Waals surface area contributed by atoms with Crippen LogP contribution in [0.25, 0.3) is 11.0 Å². The molecular weight excluding hydrogens is 449 g/mol. The highest BCUT2D eigenvalue weighted by atomic mass is 32.1. The zero-order valence-corrected chi connectivity index (χ0v) is 19.1. The molecule has 0 saturated heterocycles. The van der Waals surface area contributed by atoms with Crippen molar-refractivity contribution in [3.05, 3.63) is 34.5 Å². The minimum Gasteiger partial charge on any atom is -0.490 e. The minimum absolute atomic E-state index is 0.000307. The Morgan fingerprint density at radius 2 is 1.62 bits per heavy atom. The van der Waals surface area contributed by atoms with Crippen molar-refractivity contribution in [1.82, 2.24) is 0 Å². The van der Waals surface area contributed by atoms with Crippen molar-refractivity contribution in [2.45, 2.75) is 33.4 Å². The summed E-state index contributed by atoms with van der Waals surface area (Å²) in [6, 6.07) is 4.58. The first kappa shape index (κ1) is 26.1. The van der Waals surface area contributed by atoms with Gasteiger partial charge in [-0.05, 0) is 50.7 Å². The fourth-order valence-electron chi connectivity index (χ4n) is 2.49. The third-order valence-corrected chi connectivity index (χ3v) is 4.99. The lowest BCUT2D eigenvalue weighted by Crippen LogP contribution is -2.27. The molecule has 0 atom stereocenters. The van der Waals surface area contributed by atoms with Gasteiger partial charge in [-0.3, -0.25) is 4.79 Å². The van der Waals surface area contributed by atoms with Gasteiger partial charge in [0.05, 0.1) is 42.8 Å². The molecule has 1 heterocycles. The monoisotopic (exact) mass is 476 g/mol. The molecule has 6 nitrogen and oxygen atoms in total. The van der Waals surface area contributed by atoms with Crippen LogP contribution in [0.2, 0.25) is 0 Å². The molecule has 0 bridgehead atoms. The van der Waals surface area contributed by atoms with Gasteiger partial charge in [0.1, 0.15) is 24.5 Å². The highest BCUT2D eigenvalue weighted by Crippen LogP contribution is 2.34. The van der Waals surface area contributed by atoms with Crippen molar-refractivity contribution in [2.24, 2.45) is 5.41 Å². The molecule has 0 unspecified atom stereocenters. The average molecular weight is 477 g/mol. The van der Waals surface area contributed by atoms with E-state index in [1.807, 2.05) is 20.8 Å². The lowest BCUT2D eigenvalue weighted by atomic mass is 9.91. The fourth-order valence-corrected chi connectivity index (χ4v) is 2.69. The highest BCUT2D eigenvalue weighted by molar-refractivity contribution is 7.71. The molecular formula is C22H27F3O6S. The summed E-state index contributed by atoms with van der Waals surface area (Å²) in [4.78, 5) is 11.8. The number of rotatable bonds is 12. The normalized spacial score (nSPS) is 12.2. The van der Waals surface area contributed by atoms with Gasteiger partial charge in [0, 0.05) is 6.07 Å². The molecule has 0 fully saturated rings. The van der Waals surface area contributed by atoms with Crippen LogP contribution in [0, 0.1) is 10.1 Å². The fraction of sp³-hybridized carbons (Fsp3) is 0.545. The molecule has 0 radical (unpaired) electrons. The summed E-state index contributed by atoms with van der Waals surface area (Å²) in [6.07, 6.45) is -3.79. The lowest BCUT2D eigenvalue weighted by molar-refractivity contribution is -0.155. The van der Waals surface area contributed by atoms with Crippen molar-refractivity contribution in [3.63, 3.8) is 0 Å². The van der Waals surface area contributed by atoms with Crippen molar-refractivity contribution < 1.29 is 41.3 Å². The maximum Gasteiger partial charge on any atom is 0.416 e. The molecule has 0 N–H and O–H groups in total. The summed E-state index contributed by atoms with van der Waals surface area (Å²) in [7, 11) is 0. The third kappa shape index (κ3) is 7.75. The van der Waals surface area contributed by atoms with Crippen molar-refractivity contribution in [1.29, 1.82) is 0 Å². The number of hydrogen-bond acceptors (Lipinski definition) is 7. The van der Waals surface area contributed by atoms with Crippen molar-refractivity contribution in [3.8, 4) is 5.75 Å². The van der Waals surface area contributed by atoms with Crippen LogP contribution in [0.3, 0.4) is 0 Å². The maximum atomic E-state index is 12.9. The van der Waals surface area contributed by atoms with Crippen molar-refractivity contribution in [2.75, 3.05) is 39.6 Å². The number of carbonyl (C=O) groups is 1. The van der Waals surface area contributed by atoms with Crippen LogP contribution in [0.1, 0.15) is 32.8 Å². The summed E-state index contributed by atoms with van der Waals surface area (Å²) in [5.74, 6) is 0.0664. The van der Waals surface area contributed by atoms with E-state index in [0.717, 1.165) is 12.1 Å². The number of hydrogen-bond donors (Lipinski definition) is 0. The summed E-state index contributed by atoms with van der Waals surface area (Å²) in [5, 5.41) is 0.385. The molecule has 0 spiro atoms. The topological polar surface area (TPSA) is 67.1 Å². The number of carbonyl (C=O) groups excluding carboxylic acids is 1. The molecule has 10 heteroatoms. The Bertz CT molecular complexity index is 955. The molecule has 1 aromatic heterocycles. The largest absolute Gasteiger partial charge is 0.490 e. The first-order chi connectivity index (χ1) is 15.0. The Morgan fingerprint density at radius 3 is 2.25 bits per heavy atom. The lowest BCUT2D eigenvalue weighted by Gasteiger charge is -2.20. The number of alkyl halides is 3. The number of benzene rings is 1. The molecule has 0 aliphatic carbocycles. The Hall–Kier alpha value is -2.17. The molecule has 2 aromatic rings. The van der Waals surface area contributed by atoms with E-state index >= 15 is 0 Å². The molecule has 0 amide bonds.